The second kappa shape index (κ2) is 6.48. The van der Waals surface area contributed by atoms with Gasteiger partial charge in [-0.15, -0.1) is 0 Å². The Labute approximate surface area is 113 Å². The molecule has 2 rings (SSSR count). The summed E-state index contributed by atoms with van der Waals surface area (Å²) in [6.07, 6.45) is 3.02. The van der Waals surface area contributed by atoms with E-state index in [1.54, 1.807) is 0 Å². The summed E-state index contributed by atoms with van der Waals surface area (Å²) >= 11 is 0. The summed E-state index contributed by atoms with van der Waals surface area (Å²) in [6, 6.07) is 6.63. The van der Waals surface area contributed by atoms with Crippen molar-refractivity contribution in [2.24, 2.45) is 0 Å². The van der Waals surface area contributed by atoms with Gasteiger partial charge in [-0.05, 0) is 37.6 Å². The Morgan fingerprint density at radius 3 is 2.68 bits per heavy atom. The van der Waals surface area contributed by atoms with Crippen LogP contribution in [0.25, 0.3) is 0 Å². The largest absolute Gasteiger partial charge is 0.327 e. The van der Waals surface area contributed by atoms with Crippen LogP contribution in [0.1, 0.15) is 30.4 Å². The number of imidazole rings is 1. The maximum absolute atomic E-state index is 12.9. The smallest absolute Gasteiger partial charge is 0.123 e. The van der Waals surface area contributed by atoms with Crippen LogP contribution < -0.4 is 5.32 Å². The van der Waals surface area contributed by atoms with E-state index in [0.29, 0.717) is 0 Å². The van der Waals surface area contributed by atoms with Gasteiger partial charge in [-0.25, -0.2) is 9.37 Å². The predicted octanol–water partition coefficient (Wildman–Crippen LogP) is 2.88. The lowest BCUT2D eigenvalue weighted by molar-refractivity contribution is 0.617. The number of hydrogen-bond donors (Lipinski definition) is 1. The third-order valence-corrected chi connectivity index (χ3v) is 3.12. The quantitative estimate of drug-likeness (QED) is 0.810. The van der Waals surface area contributed by atoms with Crippen molar-refractivity contribution in [3.63, 3.8) is 0 Å². The van der Waals surface area contributed by atoms with E-state index in [1.165, 1.54) is 12.1 Å². The van der Waals surface area contributed by atoms with Gasteiger partial charge in [0.1, 0.15) is 11.6 Å². The fourth-order valence-corrected chi connectivity index (χ4v) is 2.04. The topological polar surface area (TPSA) is 29.9 Å². The van der Waals surface area contributed by atoms with Crippen LogP contribution in [0.2, 0.25) is 0 Å². The summed E-state index contributed by atoms with van der Waals surface area (Å²) in [5.74, 6) is 0.786. The lowest BCUT2D eigenvalue weighted by atomic mass is 10.2. The molecule has 0 aliphatic rings. The fraction of sp³-hybridized carbons (Fsp3) is 0.400. The highest BCUT2D eigenvalue weighted by Gasteiger charge is 2.07. The van der Waals surface area contributed by atoms with Crippen molar-refractivity contribution < 1.29 is 4.39 Å². The molecular weight excluding hydrogens is 241 g/mol. The predicted molar refractivity (Wildman–Crippen MR) is 74.5 cm³/mol. The van der Waals surface area contributed by atoms with E-state index in [9.17, 15) is 4.39 Å². The zero-order chi connectivity index (χ0) is 13.7. The maximum atomic E-state index is 12.9. The molecule has 1 heterocycles. The van der Waals surface area contributed by atoms with Gasteiger partial charge in [0.2, 0.25) is 0 Å². The van der Waals surface area contributed by atoms with Gasteiger partial charge in [-0.1, -0.05) is 19.1 Å². The molecule has 0 fully saturated rings. The molecule has 102 valence electrons. The molecule has 0 aliphatic heterocycles. The van der Waals surface area contributed by atoms with Crippen molar-refractivity contribution in [3.8, 4) is 0 Å². The number of hydrogen-bond acceptors (Lipinski definition) is 2. The molecule has 0 saturated heterocycles. The van der Waals surface area contributed by atoms with Crippen molar-refractivity contribution in [2.45, 2.75) is 33.4 Å². The summed E-state index contributed by atoms with van der Waals surface area (Å²) in [5, 5.41) is 3.38. The van der Waals surface area contributed by atoms with E-state index in [2.05, 4.69) is 21.8 Å². The third-order valence-electron chi connectivity index (χ3n) is 3.12. The number of nitrogens with zero attached hydrogens (tertiary/aromatic N) is 2. The molecule has 1 aromatic carbocycles. The molecule has 0 spiro atoms. The van der Waals surface area contributed by atoms with Gasteiger partial charge < -0.3 is 9.88 Å². The number of aryl methyl sites for hydroxylation is 1. The molecule has 0 unspecified atom stereocenters. The Kier molecular flexibility index (Phi) is 4.68. The van der Waals surface area contributed by atoms with Crippen LogP contribution in [0, 0.1) is 12.7 Å². The molecule has 0 saturated carbocycles. The van der Waals surface area contributed by atoms with E-state index in [1.807, 2.05) is 25.3 Å². The van der Waals surface area contributed by atoms with E-state index in [-0.39, 0.29) is 5.82 Å². The Morgan fingerprint density at radius 1 is 1.26 bits per heavy atom. The monoisotopic (exact) mass is 261 g/mol. The molecule has 4 heteroatoms. The second-order valence-electron chi connectivity index (χ2n) is 4.69. The van der Waals surface area contributed by atoms with Gasteiger partial charge in [0.15, 0.2) is 0 Å². The Morgan fingerprint density at radius 2 is 2.00 bits per heavy atom. The summed E-state index contributed by atoms with van der Waals surface area (Å²) in [4.78, 5) is 4.36. The highest BCUT2D eigenvalue weighted by molar-refractivity contribution is 5.18. The zero-order valence-electron chi connectivity index (χ0n) is 11.5. The van der Waals surface area contributed by atoms with Crippen LogP contribution in [0.5, 0.6) is 0 Å². The van der Waals surface area contributed by atoms with Crippen LogP contribution in [-0.2, 0) is 13.1 Å². The lowest BCUT2D eigenvalue weighted by Crippen LogP contribution is -2.17. The number of aromatic nitrogens is 2. The first kappa shape index (κ1) is 13.7. The molecule has 3 nitrogen and oxygen atoms in total. The van der Waals surface area contributed by atoms with Gasteiger partial charge in [0.25, 0.3) is 0 Å². The van der Waals surface area contributed by atoms with Crippen molar-refractivity contribution in [1.29, 1.82) is 0 Å². The minimum atomic E-state index is -0.198. The first-order valence-corrected chi connectivity index (χ1v) is 6.67. The average Bonchev–Trinajstić information content (AvgIpc) is 2.74. The van der Waals surface area contributed by atoms with E-state index < -0.39 is 0 Å². The molecule has 0 aliphatic carbocycles. The summed E-state index contributed by atoms with van der Waals surface area (Å²) in [5.41, 5.74) is 2.24. The second-order valence-corrected chi connectivity index (χ2v) is 4.69. The number of halogens is 1. The normalized spacial score (nSPS) is 10.9. The highest BCUT2D eigenvalue weighted by Crippen LogP contribution is 2.10. The van der Waals surface area contributed by atoms with Crippen LogP contribution in [-0.4, -0.2) is 16.1 Å². The molecule has 1 N–H and O–H groups in total. The molecule has 0 radical (unpaired) electrons. The van der Waals surface area contributed by atoms with Gasteiger partial charge in [0.05, 0.1) is 5.69 Å². The van der Waals surface area contributed by atoms with Gasteiger partial charge in [0, 0.05) is 19.3 Å². The van der Waals surface area contributed by atoms with E-state index in [4.69, 9.17) is 0 Å². The zero-order valence-corrected chi connectivity index (χ0v) is 11.5. The molecule has 19 heavy (non-hydrogen) atoms. The first-order chi connectivity index (χ1) is 9.20. The molecule has 0 bridgehead atoms. The number of nitrogens with one attached hydrogen (secondary N) is 1. The molecule has 0 atom stereocenters. The summed E-state index contributed by atoms with van der Waals surface area (Å²) in [7, 11) is 0. The Bertz CT molecular complexity index is 517. The first-order valence-electron chi connectivity index (χ1n) is 6.67. The summed E-state index contributed by atoms with van der Waals surface area (Å²) in [6.45, 7) is 6.69. The average molecular weight is 261 g/mol. The maximum Gasteiger partial charge on any atom is 0.123 e. The Hall–Kier alpha value is -1.68. The van der Waals surface area contributed by atoms with Crippen LogP contribution in [0.4, 0.5) is 4.39 Å². The molecule has 0 amide bonds. The standard InChI is InChI=1S/C15H20FN3/c1-3-8-17-9-15-10-18-12(2)19(15)11-13-4-6-14(16)7-5-13/h4-7,10,17H,3,8-9,11H2,1-2H3. The Balaban J connectivity index is 2.10. The van der Waals surface area contributed by atoms with Crippen molar-refractivity contribution in [1.82, 2.24) is 14.9 Å². The molecule has 1 aromatic heterocycles. The van der Waals surface area contributed by atoms with Crippen LogP contribution in [0.15, 0.2) is 30.5 Å². The highest BCUT2D eigenvalue weighted by atomic mass is 19.1. The van der Waals surface area contributed by atoms with Gasteiger partial charge in [-0.2, -0.15) is 0 Å². The van der Waals surface area contributed by atoms with Gasteiger partial charge in [-0.3, -0.25) is 0 Å². The van der Waals surface area contributed by atoms with Crippen molar-refractivity contribution in [2.75, 3.05) is 6.54 Å². The third kappa shape index (κ3) is 3.64. The van der Waals surface area contributed by atoms with Crippen molar-refractivity contribution in [3.05, 3.63) is 53.4 Å². The molecule has 2 aromatic rings. The van der Waals surface area contributed by atoms with Gasteiger partial charge >= 0.3 is 0 Å². The molecular formula is C15H20FN3. The number of benzene rings is 1. The summed E-state index contributed by atoms with van der Waals surface area (Å²) < 4.78 is 15.1. The number of rotatable bonds is 6. The lowest BCUT2D eigenvalue weighted by Gasteiger charge is -2.11. The van der Waals surface area contributed by atoms with E-state index in [0.717, 1.165) is 43.1 Å². The SMILES string of the molecule is CCCNCc1cnc(C)n1Cc1ccc(F)cc1. The van der Waals surface area contributed by atoms with E-state index >= 15 is 0 Å². The van der Waals surface area contributed by atoms with Crippen molar-refractivity contribution >= 4 is 0 Å². The van der Waals surface area contributed by atoms with Crippen LogP contribution in [0.3, 0.4) is 0 Å². The minimum Gasteiger partial charge on any atom is -0.327 e. The fourth-order valence-electron chi connectivity index (χ4n) is 2.04. The van der Waals surface area contributed by atoms with Crippen LogP contribution >= 0.6 is 0 Å². The minimum absolute atomic E-state index is 0.198.